The lowest BCUT2D eigenvalue weighted by molar-refractivity contribution is -0.112. The van der Waals surface area contributed by atoms with E-state index in [0.717, 1.165) is 0 Å². The van der Waals surface area contributed by atoms with Gasteiger partial charge in [0.05, 0.1) is 5.60 Å². The molecule has 0 unspecified atom stereocenters. The summed E-state index contributed by atoms with van der Waals surface area (Å²) in [5.41, 5.74) is -0.242. The molecule has 0 aromatic heterocycles. The highest BCUT2D eigenvalue weighted by atomic mass is 16.3. The molecular formula is C15H16O4. The van der Waals surface area contributed by atoms with Gasteiger partial charge in [-0.05, 0) is 26.7 Å². The van der Waals surface area contributed by atoms with Crippen LogP contribution in [0, 0.1) is 0 Å². The van der Waals surface area contributed by atoms with Crippen molar-refractivity contribution < 1.29 is 19.8 Å². The molecule has 100 valence electrons. The van der Waals surface area contributed by atoms with Crippen LogP contribution in [0.25, 0.3) is 5.76 Å². The number of ketones is 2. The minimum atomic E-state index is -0.951. The molecule has 0 radical (unpaired) electrons. The van der Waals surface area contributed by atoms with Crippen molar-refractivity contribution in [3.8, 4) is 0 Å². The van der Waals surface area contributed by atoms with Crippen molar-refractivity contribution in [1.29, 1.82) is 0 Å². The number of fused-ring (bicyclic) bond motifs is 1. The Morgan fingerprint density at radius 1 is 1.05 bits per heavy atom. The summed E-state index contributed by atoms with van der Waals surface area (Å²) in [7, 11) is 0. The summed E-state index contributed by atoms with van der Waals surface area (Å²) in [5, 5.41) is 19.8. The molecule has 1 aliphatic rings. The molecule has 1 aromatic rings. The first-order valence-electron chi connectivity index (χ1n) is 6.14. The van der Waals surface area contributed by atoms with Gasteiger partial charge < -0.3 is 10.2 Å². The number of benzene rings is 1. The summed E-state index contributed by atoms with van der Waals surface area (Å²) in [5.74, 6) is -1.43. The third kappa shape index (κ3) is 2.58. The van der Waals surface area contributed by atoms with Gasteiger partial charge >= 0.3 is 0 Å². The Bertz CT molecular complexity index is 576. The molecule has 1 aromatic carbocycles. The van der Waals surface area contributed by atoms with Crippen molar-refractivity contribution in [2.24, 2.45) is 0 Å². The van der Waals surface area contributed by atoms with Gasteiger partial charge in [0.2, 0.25) is 11.6 Å². The maximum atomic E-state index is 12.0. The summed E-state index contributed by atoms with van der Waals surface area (Å²) >= 11 is 0. The predicted octanol–water partition coefficient (Wildman–Crippen LogP) is 2.27. The minimum absolute atomic E-state index is 0.0887. The summed E-state index contributed by atoms with van der Waals surface area (Å²) < 4.78 is 0. The normalized spacial score (nSPS) is 15.7. The van der Waals surface area contributed by atoms with Crippen LogP contribution in [0.5, 0.6) is 0 Å². The molecule has 0 spiro atoms. The van der Waals surface area contributed by atoms with Gasteiger partial charge in [-0.2, -0.15) is 0 Å². The molecule has 0 bridgehead atoms. The van der Waals surface area contributed by atoms with E-state index in [1.807, 2.05) is 0 Å². The predicted molar refractivity (Wildman–Crippen MR) is 70.9 cm³/mol. The maximum absolute atomic E-state index is 12.0. The van der Waals surface area contributed by atoms with E-state index in [1.165, 1.54) is 6.07 Å². The minimum Gasteiger partial charge on any atom is -0.507 e. The van der Waals surface area contributed by atoms with Crippen LogP contribution in [0.1, 0.15) is 42.6 Å². The Kier molecular flexibility index (Phi) is 3.28. The van der Waals surface area contributed by atoms with E-state index in [4.69, 9.17) is 0 Å². The van der Waals surface area contributed by atoms with Crippen molar-refractivity contribution >= 4 is 17.3 Å². The molecule has 4 nitrogen and oxygen atoms in total. The molecule has 0 saturated carbocycles. The average molecular weight is 260 g/mol. The van der Waals surface area contributed by atoms with Gasteiger partial charge in [0.25, 0.3) is 0 Å². The first-order chi connectivity index (χ1) is 8.81. The van der Waals surface area contributed by atoms with E-state index in [0.29, 0.717) is 12.0 Å². The molecule has 0 fully saturated rings. The number of hydrogen-bond donors (Lipinski definition) is 2. The zero-order valence-corrected chi connectivity index (χ0v) is 10.9. The summed E-state index contributed by atoms with van der Waals surface area (Å²) in [6, 6.07) is 6.49. The molecule has 2 rings (SSSR count). The highest BCUT2D eigenvalue weighted by Gasteiger charge is 2.32. The smallest absolute Gasteiger partial charge is 0.234 e. The molecule has 2 N–H and O–H groups in total. The van der Waals surface area contributed by atoms with Crippen LogP contribution in [-0.2, 0) is 4.79 Å². The van der Waals surface area contributed by atoms with E-state index in [2.05, 4.69) is 0 Å². The highest BCUT2D eigenvalue weighted by Crippen LogP contribution is 2.31. The Labute approximate surface area is 111 Å². The van der Waals surface area contributed by atoms with Crippen molar-refractivity contribution in [3.63, 3.8) is 0 Å². The number of hydrogen-bond acceptors (Lipinski definition) is 4. The topological polar surface area (TPSA) is 74.6 Å². The van der Waals surface area contributed by atoms with Crippen LogP contribution in [-0.4, -0.2) is 27.4 Å². The molecular weight excluding hydrogens is 244 g/mol. The fourth-order valence-electron chi connectivity index (χ4n) is 2.08. The summed E-state index contributed by atoms with van der Waals surface area (Å²) in [6.45, 7) is 3.24. The van der Waals surface area contributed by atoms with Gasteiger partial charge in [-0.15, -0.1) is 0 Å². The number of aliphatic hydroxyl groups excluding tert-OH is 1. The van der Waals surface area contributed by atoms with Crippen LogP contribution in [0.3, 0.4) is 0 Å². The summed E-state index contributed by atoms with van der Waals surface area (Å²) in [4.78, 5) is 23.9. The number of carbonyl (C=O) groups is 2. The first-order valence-corrected chi connectivity index (χ1v) is 6.14. The maximum Gasteiger partial charge on any atom is 0.234 e. The fraction of sp³-hybridized carbons (Fsp3) is 0.333. The number of aliphatic hydroxyl groups is 2. The number of rotatable bonds is 3. The lowest BCUT2D eigenvalue weighted by atomic mass is 9.85. The Hall–Kier alpha value is -1.94. The number of allylic oxidation sites excluding steroid dienone is 1. The quantitative estimate of drug-likeness (QED) is 0.817. The van der Waals surface area contributed by atoms with Gasteiger partial charge in [0.15, 0.2) is 0 Å². The largest absolute Gasteiger partial charge is 0.507 e. The fourth-order valence-corrected chi connectivity index (χ4v) is 2.08. The number of Topliss-reactive ketones (excluding diaryl/α,β-unsaturated/α-hetero) is 2. The standard InChI is InChI=1S/C15H16O4/c1-15(2,19)8-7-11-12(16)9-5-3-4-6-10(9)13(17)14(11)18/h3-6,16,19H,7-8H2,1-2H3. The molecule has 0 heterocycles. The lowest BCUT2D eigenvalue weighted by Gasteiger charge is -2.21. The average Bonchev–Trinajstić information content (AvgIpc) is 2.35. The Morgan fingerprint density at radius 2 is 1.63 bits per heavy atom. The highest BCUT2D eigenvalue weighted by molar-refractivity contribution is 6.52. The van der Waals surface area contributed by atoms with E-state index >= 15 is 0 Å². The van der Waals surface area contributed by atoms with E-state index < -0.39 is 17.2 Å². The zero-order valence-electron chi connectivity index (χ0n) is 10.9. The SMILES string of the molecule is CC(C)(O)CCC1=C(O)c2ccccc2C(=O)C1=O. The van der Waals surface area contributed by atoms with Gasteiger partial charge in [0.1, 0.15) is 5.76 Å². The van der Waals surface area contributed by atoms with Crippen molar-refractivity contribution in [3.05, 3.63) is 41.0 Å². The van der Waals surface area contributed by atoms with Crippen LogP contribution < -0.4 is 0 Å². The van der Waals surface area contributed by atoms with Crippen LogP contribution >= 0.6 is 0 Å². The summed E-state index contributed by atoms with van der Waals surface area (Å²) in [6.07, 6.45) is 0.474. The third-order valence-electron chi connectivity index (χ3n) is 3.18. The van der Waals surface area contributed by atoms with Crippen LogP contribution in [0.4, 0.5) is 0 Å². The molecule has 0 amide bonds. The number of carbonyl (C=O) groups excluding carboxylic acids is 2. The Morgan fingerprint density at radius 3 is 2.21 bits per heavy atom. The van der Waals surface area contributed by atoms with Crippen molar-refractivity contribution in [2.45, 2.75) is 32.3 Å². The van der Waals surface area contributed by atoms with E-state index in [1.54, 1.807) is 32.0 Å². The lowest BCUT2D eigenvalue weighted by Crippen LogP contribution is -2.26. The monoisotopic (exact) mass is 260 g/mol. The third-order valence-corrected chi connectivity index (χ3v) is 3.18. The molecule has 0 aliphatic heterocycles. The van der Waals surface area contributed by atoms with Gasteiger partial charge in [-0.3, -0.25) is 9.59 Å². The second-order valence-corrected chi connectivity index (χ2v) is 5.34. The molecule has 1 aliphatic carbocycles. The molecule has 19 heavy (non-hydrogen) atoms. The second-order valence-electron chi connectivity index (χ2n) is 5.34. The van der Waals surface area contributed by atoms with Crippen LogP contribution in [0.15, 0.2) is 29.8 Å². The molecule has 4 heteroatoms. The van der Waals surface area contributed by atoms with Crippen molar-refractivity contribution in [1.82, 2.24) is 0 Å². The van der Waals surface area contributed by atoms with Gasteiger partial charge in [-0.25, -0.2) is 0 Å². The first kappa shape index (κ1) is 13.5. The molecule has 0 atom stereocenters. The van der Waals surface area contributed by atoms with E-state index in [-0.39, 0.29) is 23.3 Å². The second kappa shape index (κ2) is 4.63. The van der Waals surface area contributed by atoms with E-state index in [9.17, 15) is 19.8 Å². The van der Waals surface area contributed by atoms with Crippen LogP contribution in [0.2, 0.25) is 0 Å². The zero-order chi connectivity index (χ0) is 14.2. The van der Waals surface area contributed by atoms with Crippen molar-refractivity contribution in [2.75, 3.05) is 0 Å². The van der Waals surface area contributed by atoms with Gasteiger partial charge in [-0.1, -0.05) is 24.3 Å². The van der Waals surface area contributed by atoms with Gasteiger partial charge in [0, 0.05) is 16.7 Å². The molecule has 0 saturated heterocycles. The Balaban J connectivity index is 2.42.